The van der Waals surface area contributed by atoms with E-state index in [9.17, 15) is 9.59 Å². The first kappa shape index (κ1) is 16.5. The number of fused-ring (bicyclic) bond motifs is 1. The second-order valence-corrected chi connectivity index (χ2v) is 5.44. The van der Waals surface area contributed by atoms with E-state index < -0.39 is 6.03 Å². The maximum absolute atomic E-state index is 11.9. The van der Waals surface area contributed by atoms with Gasteiger partial charge in [-0.05, 0) is 24.3 Å². The number of hydrazine groups is 1. The molecule has 0 bridgehead atoms. The van der Waals surface area contributed by atoms with Crippen molar-refractivity contribution in [2.24, 2.45) is 0 Å². The molecule has 2 aromatic carbocycles. The third-order valence-electron chi connectivity index (χ3n) is 3.76. The van der Waals surface area contributed by atoms with Crippen LogP contribution >= 0.6 is 0 Å². The van der Waals surface area contributed by atoms with Crippen LogP contribution in [0.4, 0.5) is 4.79 Å². The van der Waals surface area contributed by atoms with Crippen LogP contribution in [0.25, 0.3) is 16.7 Å². The molecule has 0 saturated heterocycles. The van der Waals surface area contributed by atoms with Crippen LogP contribution in [-0.4, -0.2) is 28.5 Å². The molecule has 25 heavy (non-hydrogen) atoms. The summed E-state index contributed by atoms with van der Waals surface area (Å²) < 4.78 is 2.05. The molecule has 0 radical (unpaired) electrons. The minimum Gasteiger partial charge on any atom is -0.340 e. The van der Waals surface area contributed by atoms with Gasteiger partial charge in [0.05, 0.1) is 11.0 Å². The van der Waals surface area contributed by atoms with E-state index in [4.69, 9.17) is 0 Å². The van der Waals surface area contributed by atoms with Gasteiger partial charge in [0.25, 0.3) is 0 Å². The zero-order chi connectivity index (χ0) is 17.6. The SMILES string of the molecule is CNC(=O)NNC(=O)CCc1nc2ccccc2n1-c1ccccc1. The minimum absolute atomic E-state index is 0.208. The molecule has 128 valence electrons. The summed E-state index contributed by atoms with van der Waals surface area (Å²) in [6.45, 7) is 0. The van der Waals surface area contributed by atoms with Crippen molar-refractivity contribution in [1.29, 1.82) is 0 Å². The molecule has 0 atom stereocenters. The van der Waals surface area contributed by atoms with Crippen LogP contribution in [0.5, 0.6) is 0 Å². The molecule has 7 nitrogen and oxygen atoms in total. The molecule has 0 saturated carbocycles. The van der Waals surface area contributed by atoms with Gasteiger partial charge < -0.3 is 5.32 Å². The fourth-order valence-corrected chi connectivity index (χ4v) is 2.59. The first-order chi connectivity index (χ1) is 12.2. The highest BCUT2D eigenvalue weighted by molar-refractivity contribution is 5.81. The summed E-state index contributed by atoms with van der Waals surface area (Å²) in [5, 5.41) is 2.36. The van der Waals surface area contributed by atoms with Crippen LogP contribution in [-0.2, 0) is 11.2 Å². The van der Waals surface area contributed by atoms with Crippen LogP contribution < -0.4 is 16.2 Å². The molecule has 7 heteroatoms. The standard InChI is InChI=1S/C18H19N5O2/c1-19-18(25)22-21-17(24)12-11-16-20-14-9-5-6-10-15(14)23(16)13-7-3-2-4-8-13/h2-10H,11-12H2,1H3,(H,21,24)(H2,19,22,25). The number of imidazole rings is 1. The second kappa shape index (κ2) is 7.48. The molecule has 0 fully saturated rings. The van der Waals surface area contributed by atoms with Crippen LogP contribution in [0.3, 0.4) is 0 Å². The monoisotopic (exact) mass is 337 g/mol. The van der Waals surface area contributed by atoms with Crippen LogP contribution in [0.15, 0.2) is 54.6 Å². The second-order valence-electron chi connectivity index (χ2n) is 5.44. The number of carbonyl (C=O) groups excluding carboxylic acids is 2. The molecule has 1 heterocycles. The largest absolute Gasteiger partial charge is 0.340 e. The van der Waals surface area contributed by atoms with Gasteiger partial charge in [-0.15, -0.1) is 0 Å². The Labute approximate surface area is 145 Å². The number of hydrogen-bond acceptors (Lipinski definition) is 3. The predicted octanol–water partition coefficient (Wildman–Crippen LogP) is 1.92. The number of urea groups is 1. The Kier molecular flexibility index (Phi) is 4.94. The van der Waals surface area contributed by atoms with E-state index >= 15 is 0 Å². The van der Waals surface area contributed by atoms with Crippen molar-refractivity contribution in [3.05, 3.63) is 60.4 Å². The fourth-order valence-electron chi connectivity index (χ4n) is 2.59. The Balaban J connectivity index is 1.82. The van der Waals surface area contributed by atoms with E-state index in [-0.39, 0.29) is 12.3 Å². The van der Waals surface area contributed by atoms with E-state index in [0.717, 1.165) is 22.5 Å². The fraction of sp³-hybridized carbons (Fsp3) is 0.167. The Morgan fingerprint density at radius 2 is 1.72 bits per heavy atom. The molecule has 0 unspecified atom stereocenters. The number of amides is 3. The van der Waals surface area contributed by atoms with Crippen molar-refractivity contribution in [3.8, 4) is 5.69 Å². The number of nitrogens with zero attached hydrogens (tertiary/aromatic N) is 2. The third kappa shape index (κ3) is 3.77. The molecular weight excluding hydrogens is 318 g/mol. The van der Waals surface area contributed by atoms with Gasteiger partial charge >= 0.3 is 6.03 Å². The number of aryl methyl sites for hydroxylation is 1. The Morgan fingerprint density at radius 3 is 2.48 bits per heavy atom. The molecule has 3 rings (SSSR count). The number of para-hydroxylation sites is 3. The van der Waals surface area contributed by atoms with Crippen LogP contribution in [0.2, 0.25) is 0 Å². The van der Waals surface area contributed by atoms with Gasteiger partial charge in [-0.1, -0.05) is 30.3 Å². The smallest absolute Gasteiger partial charge is 0.333 e. The average molecular weight is 337 g/mol. The van der Waals surface area contributed by atoms with E-state index in [1.165, 1.54) is 7.05 Å². The Bertz CT molecular complexity index is 889. The first-order valence-electron chi connectivity index (χ1n) is 7.97. The lowest BCUT2D eigenvalue weighted by molar-refractivity contribution is -0.121. The van der Waals surface area contributed by atoms with Gasteiger partial charge in [0, 0.05) is 25.6 Å². The van der Waals surface area contributed by atoms with E-state index in [0.29, 0.717) is 6.42 Å². The van der Waals surface area contributed by atoms with Crippen molar-refractivity contribution in [2.75, 3.05) is 7.05 Å². The van der Waals surface area contributed by atoms with Gasteiger partial charge in [-0.25, -0.2) is 15.2 Å². The normalized spacial score (nSPS) is 10.4. The van der Waals surface area contributed by atoms with Gasteiger partial charge in [0.1, 0.15) is 5.82 Å². The third-order valence-corrected chi connectivity index (χ3v) is 3.76. The highest BCUT2D eigenvalue weighted by atomic mass is 16.2. The van der Waals surface area contributed by atoms with Gasteiger partial charge in [0.2, 0.25) is 5.91 Å². The number of nitrogens with one attached hydrogen (secondary N) is 3. The lowest BCUT2D eigenvalue weighted by Crippen LogP contribution is -2.45. The summed E-state index contributed by atoms with van der Waals surface area (Å²) >= 11 is 0. The quantitative estimate of drug-likeness (QED) is 0.636. The summed E-state index contributed by atoms with van der Waals surface area (Å²) in [4.78, 5) is 27.7. The summed E-state index contributed by atoms with van der Waals surface area (Å²) in [5.41, 5.74) is 7.49. The van der Waals surface area contributed by atoms with Crippen molar-refractivity contribution in [2.45, 2.75) is 12.8 Å². The number of carbonyl (C=O) groups is 2. The summed E-state index contributed by atoms with van der Waals surface area (Å²) in [7, 11) is 1.48. The van der Waals surface area contributed by atoms with E-state index in [1.54, 1.807) is 0 Å². The highest BCUT2D eigenvalue weighted by Crippen LogP contribution is 2.22. The van der Waals surface area contributed by atoms with Crippen LogP contribution in [0.1, 0.15) is 12.2 Å². The van der Waals surface area contributed by atoms with Crippen molar-refractivity contribution in [1.82, 2.24) is 25.7 Å². The average Bonchev–Trinajstić information content (AvgIpc) is 3.03. The van der Waals surface area contributed by atoms with Gasteiger partial charge in [-0.2, -0.15) is 0 Å². The highest BCUT2D eigenvalue weighted by Gasteiger charge is 2.13. The van der Waals surface area contributed by atoms with Crippen molar-refractivity contribution in [3.63, 3.8) is 0 Å². The number of hydrogen-bond donors (Lipinski definition) is 3. The Morgan fingerprint density at radius 1 is 1.00 bits per heavy atom. The van der Waals surface area contributed by atoms with Crippen molar-refractivity contribution >= 4 is 23.0 Å². The molecular formula is C18H19N5O2. The maximum Gasteiger partial charge on any atom is 0.333 e. The number of rotatable bonds is 4. The molecule has 0 aliphatic heterocycles. The van der Waals surface area contributed by atoms with E-state index in [1.807, 2.05) is 54.6 Å². The molecule has 0 spiro atoms. The molecule has 3 N–H and O–H groups in total. The predicted molar refractivity (Wildman–Crippen MR) is 95.1 cm³/mol. The maximum atomic E-state index is 11.9. The molecule has 1 aromatic heterocycles. The van der Waals surface area contributed by atoms with Crippen LogP contribution in [0, 0.1) is 0 Å². The summed E-state index contributed by atoms with van der Waals surface area (Å²) in [5.74, 6) is 0.512. The molecule has 0 aliphatic carbocycles. The topological polar surface area (TPSA) is 88.1 Å². The summed E-state index contributed by atoms with van der Waals surface area (Å²) in [6, 6.07) is 17.3. The lowest BCUT2D eigenvalue weighted by atomic mass is 10.2. The van der Waals surface area contributed by atoms with Gasteiger partial charge in [0.15, 0.2) is 0 Å². The zero-order valence-corrected chi connectivity index (χ0v) is 13.8. The summed E-state index contributed by atoms with van der Waals surface area (Å²) in [6.07, 6.45) is 0.658. The minimum atomic E-state index is -0.468. The van der Waals surface area contributed by atoms with Crippen molar-refractivity contribution < 1.29 is 9.59 Å². The Hall–Kier alpha value is -3.35. The van der Waals surface area contributed by atoms with E-state index in [2.05, 4.69) is 25.7 Å². The molecule has 0 aliphatic rings. The van der Waals surface area contributed by atoms with Gasteiger partial charge in [-0.3, -0.25) is 14.8 Å². The molecule has 3 aromatic rings. The zero-order valence-electron chi connectivity index (χ0n) is 13.8. The number of benzene rings is 2. The number of aromatic nitrogens is 2. The lowest BCUT2D eigenvalue weighted by Gasteiger charge is -2.10. The first-order valence-corrected chi connectivity index (χ1v) is 7.97. The molecule has 3 amide bonds.